The number of hydrogen-bond donors (Lipinski definition) is 1. The summed E-state index contributed by atoms with van der Waals surface area (Å²) in [7, 11) is 0. The second-order valence-corrected chi connectivity index (χ2v) is 3.05. The van der Waals surface area contributed by atoms with Gasteiger partial charge in [-0.25, -0.2) is 4.79 Å². The summed E-state index contributed by atoms with van der Waals surface area (Å²) in [6, 6.07) is 5.72. The van der Waals surface area contributed by atoms with Crippen molar-refractivity contribution in [2.45, 2.75) is 19.8 Å². The molecule has 0 aliphatic rings. The minimum Gasteiger partial charge on any atom is -0.408 e. The van der Waals surface area contributed by atoms with Crippen LogP contribution in [0.15, 0.2) is 27.4 Å². The number of aryl methyl sites for hydroxylation is 1. The van der Waals surface area contributed by atoms with Gasteiger partial charge in [0.1, 0.15) is 0 Å². The summed E-state index contributed by atoms with van der Waals surface area (Å²) in [5, 5.41) is 0. The SMILES string of the molecule is CCCc1cccc2oc(=O)[nH]c12. The molecule has 13 heavy (non-hydrogen) atoms. The maximum absolute atomic E-state index is 10.9. The fourth-order valence-corrected chi connectivity index (χ4v) is 1.51. The number of nitrogens with one attached hydrogen (secondary N) is 1. The Hall–Kier alpha value is -1.51. The standard InChI is InChI=1S/C10H11NO2/c1-2-4-7-5-3-6-8-9(7)11-10(12)13-8/h3,5-6H,2,4H2,1H3,(H,11,12). The maximum Gasteiger partial charge on any atom is 0.417 e. The molecule has 2 aromatic rings. The molecule has 0 saturated carbocycles. The Morgan fingerprint density at radius 2 is 2.31 bits per heavy atom. The lowest BCUT2D eigenvalue weighted by atomic mass is 10.1. The first-order valence-corrected chi connectivity index (χ1v) is 4.42. The van der Waals surface area contributed by atoms with E-state index in [1.807, 2.05) is 12.1 Å². The number of aromatic amines is 1. The Morgan fingerprint density at radius 3 is 3.08 bits per heavy atom. The van der Waals surface area contributed by atoms with Crippen LogP contribution in [0.5, 0.6) is 0 Å². The molecule has 0 saturated heterocycles. The molecule has 1 N–H and O–H groups in total. The Balaban J connectivity index is 2.67. The predicted octanol–water partition coefficient (Wildman–Crippen LogP) is 2.07. The Bertz CT molecular complexity index is 467. The van der Waals surface area contributed by atoms with Gasteiger partial charge >= 0.3 is 5.76 Å². The molecular weight excluding hydrogens is 166 g/mol. The summed E-state index contributed by atoms with van der Waals surface area (Å²) in [6.45, 7) is 2.11. The summed E-state index contributed by atoms with van der Waals surface area (Å²) in [5.41, 5.74) is 2.64. The van der Waals surface area contributed by atoms with E-state index in [-0.39, 0.29) is 5.76 Å². The van der Waals surface area contributed by atoms with E-state index < -0.39 is 0 Å². The molecule has 0 atom stereocenters. The van der Waals surface area contributed by atoms with Crippen molar-refractivity contribution in [3.8, 4) is 0 Å². The van der Waals surface area contributed by atoms with Crippen molar-refractivity contribution in [2.75, 3.05) is 0 Å². The number of fused-ring (bicyclic) bond motifs is 1. The smallest absolute Gasteiger partial charge is 0.408 e. The maximum atomic E-state index is 10.9. The number of hydrogen-bond acceptors (Lipinski definition) is 2. The number of rotatable bonds is 2. The first-order chi connectivity index (χ1) is 6.31. The van der Waals surface area contributed by atoms with Crippen molar-refractivity contribution in [3.63, 3.8) is 0 Å². The minimum atomic E-state index is -0.376. The van der Waals surface area contributed by atoms with E-state index in [2.05, 4.69) is 11.9 Å². The van der Waals surface area contributed by atoms with Gasteiger partial charge in [0.05, 0.1) is 5.52 Å². The van der Waals surface area contributed by atoms with Gasteiger partial charge in [-0.3, -0.25) is 4.98 Å². The highest BCUT2D eigenvalue weighted by molar-refractivity contribution is 5.75. The van der Waals surface area contributed by atoms with E-state index in [1.54, 1.807) is 6.07 Å². The van der Waals surface area contributed by atoms with Crippen LogP contribution in [0, 0.1) is 0 Å². The van der Waals surface area contributed by atoms with Gasteiger partial charge in [0.25, 0.3) is 0 Å². The summed E-state index contributed by atoms with van der Waals surface area (Å²) in [6.07, 6.45) is 2.03. The van der Waals surface area contributed by atoms with Crippen molar-refractivity contribution in [1.29, 1.82) is 0 Å². The molecule has 0 aliphatic carbocycles. The van der Waals surface area contributed by atoms with Crippen molar-refractivity contribution >= 4 is 11.1 Å². The Labute approximate surface area is 75.4 Å². The van der Waals surface area contributed by atoms with E-state index in [9.17, 15) is 4.79 Å². The molecule has 0 fully saturated rings. The minimum absolute atomic E-state index is 0.376. The highest BCUT2D eigenvalue weighted by Gasteiger charge is 2.04. The van der Waals surface area contributed by atoms with E-state index in [1.165, 1.54) is 0 Å². The third-order valence-corrected chi connectivity index (χ3v) is 2.06. The van der Waals surface area contributed by atoms with Crippen LogP contribution in [-0.2, 0) is 6.42 Å². The molecule has 1 heterocycles. The molecule has 0 unspecified atom stereocenters. The largest absolute Gasteiger partial charge is 0.417 e. The van der Waals surface area contributed by atoms with Crippen LogP contribution < -0.4 is 5.76 Å². The second-order valence-electron chi connectivity index (χ2n) is 3.05. The van der Waals surface area contributed by atoms with Crippen LogP contribution in [0.3, 0.4) is 0 Å². The summed E-state index contributed by atoms with van der Waals surface area (Å²) < 4.78 is 4.94. The molecule has 2 rings (SSSR count). The quantitative estimate of drug-likeness (QED) is 0.763. The number of para-hydroxylation sites is 1. The zero-order valence-corrected chi connectivity index (χ0v) is 7.46. The van der Waals surface area contributed by atoms with Crippen LogP contribution >= 0.6 is 0 Å². The number of aromatic nitrogens is 1. The lowest BCUT2D eigenvalue weighted by Crippen LogP contribution is -1.94. The topological polar surface area (TPSA) is 46.0 Å². The molecule has 0 bridgehead atoms. The Kier molecular flexibility index (Phi) is 1.93. The van der Waals surface area contributed by atoms with Gasteiger partial charge in [-0.1, -0.05) is 25.5 Å². The zero-order chi connectivity index (χ0) is 9.26. The fraction of sp³-hybridized carbons (Fsp3) is 0.300. The van der Waals surface area contributed by atoms with Gasteiger partial charge in [-0.05, 0) is 18.1 Å². The van der Waals surface area contributed by atoms with E-state index >= 15 is 0 Å². The van der Waals surface area contributed by atoms with Crippen molar-refractivity contribution in [1.82, 2.24) is 4.98 Å². The van der Waals surface area contributed by atoms with E-state index in [4.69, 9.17) is 4.42 Å². The molecule has 1 aromatic carbocycles. The van der Waals surface area contributed by atoms with Crippen molar-refractivity contribution in [3.05, 3.63) is 34.3 Å². The molecule has 0 radical (unpaired) electrons. The lowest BCUT2D eigenvalue weighted by Gasteiger charge is -1.97. The van der Waals surface area contributed by atoms with E-state index in [0.717, 1.165) is 23.9 Å². The van der Waals surface area contributed by atoms with Crippen LogP contribution in [-0.4, -0.2) is 4.98 Å². The normalized spacial score (nSPS) is 10.8. The van der Waals surface area contributed by atoms with Gasteiger partial charge in [0.15, 0.2) is 5.58 Å². The molecule has 0 spiro atoms. The average molecular weight is 177 g/mol. The zero-order valence-electron chi connectivity index (χ0n) is 7.46. The lowest BCUT2D eigenvalue weighted by molar-refractivity contribution is 0.555. The summed E-state index contributed by atoms with van der Waals surface area (Å²) in [4.78, 5) is 13.6. The summed E-state index contributed by atoms with van der Waals surface area (Å²) >= 11 is 0. The van der Waals surface area contributed by atoms with Gasteiger partial charge < -0.3 is 4.42 Å². The van der Waals surface area contributed by atoms with Crippen LogP contribution in [0.4, 0.5) is 0 Å². The highest BCUT2D eigenvalue weighted by atomic mass is 16.4. The Morgan fingerprint density at radius 1 is 1.46 bits per heavy atom. The summed E-state index contributed by atoms with van der Waals surface area (Å²) in [5.74, 6) is -0.376. The molecule has 1 aromatic heterocycles. The number of benzene rings is 1. The van der Waals surface area contributed by atoms with Gasteiger partial charge in [0.2, 0.25) is 0 Å². The highest BCUT2D eigenvalue weighted by Crippen LogP contribution is 2.16. The van der Waals surface area contributed by atoms with Crippen LogP contribution in [0.2, 0.25) is 0 Å². The second kappa shape index (κ2) is 3.09. The third-order valence-electron chi connectivity index (χ3n) is 2.06. The fourth-order valence-electron chi connectivity index (χ4n) is 1.51. The molecular formula is C10H11NO2. The number of H-pyrrole nitrogens is 1. The van der Waals surface area contributed by atoms with Crippen LogP contribution in [0.25, 0.3) is 11.1 Å². The van der Waals surface area contributed by atoms with E-state index in [0.29, 0.717) is 5.58 Å². The molecule has 0 amide bonds. The van der Waals surface area contributed by atoms with Gasteiger partial charge in [-0.15, -0.1) is 0 Å². The average Bonchev–Trinajstić information content (AvgIpc) is 2.47. The predicted molar refractivity (Wildman–Crippen MR) is 50.8 cm³/mol. The van der Waals surface area contributed by atoms with Crippen molar-refractivity contribution < 1.29 is 4.42 Å². The molecule has 0 aliphatic heterocycles. The molecule has 3 heteroatoms. The van der Waals surface area contributed by atoms with Gasteiger partial charge in [-0.2, -0.15) is 0 Å². The van der Waals surface area contributed by atoms with Crippen molar-refractivity contribution in [2.24, 2.45) is 0 Å². The monoisotopic (exact) mass is 177 g/mol. The first-order valence-electron chi connectivity index (χ1n) is 4.42. The molecule has 68 valence electrons. The van der Waals surface area contributed by atoms with Crippen LogP contribution in [0.1, 0.15) is 18.9 Å². The van der Waals surface area contributed by atoms with Gasteiger partial charge in [0, 0.05) is 0 Å². The number of oxazole rings is 1. The third kappa shape index (κ3) is 1.37. The molecule has 3 nitrogen and oxygen atoms in total. The first kappa shape index (κ1) is 8.10.